The first-order chi connectivity index (χ1) is 13.2. The second-order valence-corrected chi connectivity index (χ2v) is 6.22. The molecule has 1 N–H and O–H groups in total. The summed E-state index contributed by atoms with van der Waals surface area (Å²) in [4.78, 5) is 0. The predicted molar refractivity (Wildman–Crippen MR) is 108 cm³/mol. The van der Waals surface area contributed by atoms with Gasteiger partial charge in [0.05, 0.1) is 19.9 Å². The molecule has 1 heterocycles. The van der Waals surface area contributed by atoms with Gasteiger partial charge in [0.1, 0.15) is 0 Å². The highest BCUT2D eigenvalue weighted by Gasteiger charge is 2.07. The van der Waals surface area contributed by atoms with Gasteiger partial charge in [-0.3, -0.25) is 5.10 Å². The monoisotopic (exact) mass is 382 g/mol. The zero-order valence-corrected chi connectivity index (χ0v) is 16.2. The first-order valence-corrected chi connectivity index (χ1v) is 9.17. The normalized spacial score (nSPS) is 11.0. The number of benzene rings is 2. The van der Waals surface area contributed by atoms with E-state index >= 15 is 0 Å². The van der Waals surface area contributed by atoms with Gasteiger partial charge in [-0.1, -0.05) is 30.3 Å². The minimum Gasteiger partial charge on any atom is -0.493 e. The zero-order chi connectivity index (χ0) is 19.1. The van der Waals surface area contributed by atoms with Crippen molar-refractivity contribution in [3.63, 3.8) is 0 Å². The fourth-order valence-electron chi connectivity index (χ4n) is 2.67. The van der Waals surface area contributed by atoms with Crippen LogP contribution in [0.1, 0.15) is 23.9 Å². The molecule has 27 heavy (non-hydrogen) atoms. The number of rotatable bonds is 8. The number of nitrogens with one attached hydrogen (secondary N) is 1. The van der Waals surface area contributed by atoms with E-state index in [0.29, 0.717) is 22.9 Å². The number of aryl methyl sites for hydroxylation is 2. The van der Waals surface area contributed by atoms with Gasteiger partial charge in [0.15, 0.2) is 17.3 Å². The van der Waals surface area contributed by atoms with Gasteiger partial charge in [-0.15, -0.1) is 0 Å². The molecule has 3 rings (SSSR count). The Morgan fingerprint density at radius 3 is 2.70 bits per heavy atom. The molecule has 0 aliphatic rings. The minimum absolute atomic E-state index is 0.466. The molecule has 0 fully saturated rings. The molecular formula is C20H22N4O2S. The number of methoxy groups -OCH3 is 1. The van der Waals surface area contributed by atoms with Crippen LogP contribution in [0.4, 0.5) is 0 Å². The van der Waals surface area contributed by atoms with Crippen LogP contribution in [-0.4, -0.2) is 34.8 Å². The Hall–Kier alpha value is -2.93. The van der Waals surface area contributed by atoms with Gasteiger partial charge >= 0.3 is 0 Å². The largest absolute Gasteiger partial charge is 0.493 e. The smallest absolute Gasteiger partial charge is 0.216 e. The molecular weight excluding hydrogens is 360 g/mol. The highest BCUT2D eigenvalue weighted by atomic mass is 32.1. The van der Waals surface area contributed by atoms with E-state index < -0.39 is 0 Å². The SMILES string of the molecule is CCOc1cc(/C=N\n2c(CCc3ccccc3)n[nH]c2=S)ccc1OC. The molecule has 6 nitrogen and oxygen atoms in total. The van der Waals surface area contributed by atoms with Crippen molar-refractivity contribution in [2.24, 2.45) is 5.10 Å². The predicted octanol–water partition coefficient (Wildman–Crippen LogP) is 4.02. The van der Waals surface area contributed by atoms with Crippen molar-refractivity contribution in [2.45, 2.75) is 19.8 Å². The average Bonchev–Trinajstić information content (AvgIpc) is 3.05. The molecule has 1 aromatic heterocycles. The number of ether oxygens (including phenoxy) is 2. The van der Waals surface area contributed by atoms with Crippen molar-refractivity contribution in [3.05, 3.63) is 70.3 Å². The first kappa shape index (κ1) is 18.8. The highest BCUT2D eigenvalue weighted by molar-refractivity contribution is 7.71. The van der Waals surface area contributed by atoms with Crippen LogP contribution in [0.25, 0.3) is 0 Å². The van der Waals surface area contributed by atoms with Crippen molar-refractivity contribution >= 4 is 18.4 Å². The lowest BCUT2D eigenvalue weighted by molar-refractivity contribution is 0.311. The molecule has 2 aromatic carbocycles. The molecule has 0 aliphatic heterocycles. The lowest BCUT2D eigenvalue weighted by Crippen LogP contribution is -2.02. The Labute approximate surface area is 163 Å². The second-order valence-electron chi connectivity index (χ2n) is 5.83. The van der Waals surface area contributed by atoms with E-state index in [4.69, 9.17) is 21.7 Å². The van der Waals surface area contributed by atoms with Crippen molar-refractivity contribution < 1.29 is 9.47 Å². The van der Waals surface area contributed by atoms with Crippen LogP contribution in [0.5, 0.6) is 11.5 Å². The lowest BCUT2D eigenvalue weighted by atomic mass is 10.1. The highest BCUT2D eigenvalue weighted by Crippen LogP contribution is 2.27. The number of H-pyrrole nitrogens is 1. The molecule has 0 bridgehead atoms. The zero-order valence-electron chi connectivity index (χ0n) is 15.4. The number of hydrogen-bond donors (Lipinski definition) is 1. The first-order valence-electron chi connectivity index (χ1n) is 8.76. The van der Waals surface area contributed by atoms with E-state index in [-0.39, 0.29) is 0 Å². The molecule has 0 unspecified atom stereocenters. The molecule has 140 valence electrons. The van der Waals surface area contributed by atoms with E-state index in [1.807, 2.05) is 43.3 Å². The molecule has 0 radical (unpaired) electrons. The molecule has 0 aliphatic carbocycles. The molecule has 3 aromatic rings. The maximum absolute atomic E-state index is 5.61. The van der Waals surface area contributed by atoms with E-state index in [1.54, 1.807) is 18.0 Å². The summed E-state index contributed by atoms with van der Waals surface area (Å²) < 4.78 is 13.0. The van der Waals surface area contributed by atoms with Gasteiger partial charge in [-0.2, -0.15) is 14.9 Å². The second kappa shape index (κ2) is 9.14. The summed E-state index contributed by atoms with van der Waals surface area (Å²) in [5, 5.41) is 11.6. The standard InChI is InChI=1S/C20H22N4O2S/c1-3-26-18-13-16(9-11-17(18)25-2)14-21-24-19(22-23-20(24)27)12-10-15-7-5-4-6-8-15/h4-9,11,13-14H,3,10,12H2,1-2H3,(H,23,27)/b21-14-. The van der Waals surface area contributed by atoms with E-state index in [2.05, 4.69) is 27.4 Å². The Kier molecular flexibility index (Phi) is 6.38. The van der Waals surface area contributed by atoms with Crippen LogP contribution in [0.2, 0.25) is 0 Å². The van der Waals surface area contributed by atoms with Crippen LogP contribution in [0.15, 0.2) is 53.6 Å². The molecule has 0 saturated carbocycles. The maximum atomic E-state index is 5.61. The molecule has 0 spiro atoms. The fourth-order valence-corrected chi connectivity index (χ4v) is 2.87. The van der Waals surface area contributed by atoms with E-state index in [1.165, 1.54) is 5.56 Å². The van der Waals surface area contributed by atoms with Crippen LogP contribution in [0.3, 0.4) is 0 Å². The van der Waals surface area contributed by atoms with Gasteiger partial charge in [0, 0.05) is 6.42 Å². The number of aromatic nitrogens is 3. The summed E-state index contributed by atoms with van der Waals surface area (Å²) in [6.07, 6.45) is 3.34. The van der Waals surface area contributed by atoms with E-state index in [0.717, 1.165) is 24.2 Å². The number of aromatic amines is 1. The summed E-state index contributed by atoms with van der Waals surface area (Å²) in [6, 6.07) is 15.9. The van der Waals surface area contributed by atoms with Gasteiger partial charge in [-0.25, -0.2) is 0 Å². The van der Waals surface area contributed by atoms with E-state index in [9.17, 15) is 0 Å². The fraction of sp³-hybridized carbons (Fsp3) is 0.250. The summed E-state index contributed by atoms with van der Waals surface area (Å²) in [5.74, 6) is 2.17. The third-order valence-corrected chi connectivity index (χ3v) is 4.27. The van der Waals surface area contributed by atoms with Gasteiger partial charge in [-0.05, 0) is 54.9 Å². The maximum Gasteiger partial charge on any atom is 0.216 e. The van der Waals surface area contributed by atoms with Crippen molar-refractivity contribution in [3.8, 4) is 11.5 Å². The number of hydrogen-bond acceptors (Lipinski definition) is 5. The minimum atomic E-state index is 0.466. The van der Waals surface area contributed by atoms with Crippen molar-refractivity contribution in [1.29, 1.82) is 0 Å². The van der Waals surface area contributed by atoms with Gasteiger partial charge < -0.3 is 9.47 Å². The Morgan fingerprint density at radius 2 is 1.96 bits per heavy atom. The summed E-state index contributed by atoms with van der Waals surface area (Å²) in [6.45, 7) is 2.50. The van der Waals surface area contributed by atoms with Crippen molar-refractivity contribution in [1.82, 2.24) is 14.9 Å². The summed E-state index contributed by atoms with van der Waals surface area (Å²) in [5.41, 5.74) is 2.13. The topological polar surface area (TPSA) is 64.4 Å². The summed E-state index contributed by atoms with van der Waals surface area (Å²) in [7, 11) is 1.62. The van der Waals surface area contributed by atoms with Gasteiger partial charge in [0.2, 0.25) is 4.77 Å². The van der Waals surface area contributed by atoms with Crippen LogP contribution < -0.4 is 9.47 Å². The quantitative estimate of drug-likeness (QED) is 0.472. The van der Waals surface area contributed by atoms with Crippen molar-refractivity contribution in [2.75, 3.05) is 13.7 Å². The molecule has 0 atom stereocenters. The van der Waals surface area contributed by atoms with Crippen LogP contribution in [-0.2, 0) is 12.8 Å². The lowest BCUT2D eigenvalue weighted by Gasteiger charge is -2.09. The summed E-state index contributed by atoms with van der Waals surface area (Å²) >= 11 is 5.31. The third-order valence-electron chi connectivity index (χ3n) is 4.01. The Bertz CT molecular complexity index is 964. The molecule has 0 saturated heterocycles. The Morgan fingerprint density at radius 1 is 1.15 bits per heavy atom. The van der Waals surface area contributed by atoms with Crippen LogP contribution >= 0.6 is 12.2 Å². The Balaban J connectivity index is 1.78. The number of nitrogens with zero attached hydrogens (tertiary/aromatic N) is 3. The average molecular weight is 382 g/mol. The van der Waals surface area contributed by atoms with Gasteiger partial charge in [0.25, 0.3) is 0 Å². The van der Waals surface area contributed by atoms with Crippen LogP contribution in [0, 0.1) is 4.77 Å². The molecule has 0 amide bonds. The molecule has 7 heteroatoms. The third kappa shape index (κ3) is 4.83.